The SMILES string of the molecule is CCNC(=NCc1ccc(C)s1)NCc1nc(C(C)C)cs1. The predicted molar refractivity (Wildman–Crippen MR) is 96.9 cm³/mol. The molecule has 0 bridgehead atoms. The number of thiazole rings is 1. The Morgan fingerprint density at radius 2 is 2.14 bits per heavy atom. The molecule has 0 aliphatic carbocycles. The van der Waals surface area contributed by atoms with Crippen LogP contribution >= 0.6 is 22.7 Å². The number of hydrogen-bond donors (Lipinski definition) is 2. The van der Waals surface area contributed by atoms with Gasteiger partial charge >= 0.3 is 0 Å². The van der Waals surface area contributed by atoms with Crippen LogP contribution in [0.1, 0.15) is 47.1 Å². The molecule has 2 rings (SSSR count). The van der Waals surface area contributed by atoms with Gasteiger partial charge in [0.15, 0.2) is 5.96 Å². The summed E-state index contributed by atoms with van der Waals surface area (Å²) >= 11 is 3.50. The van der Waals surface area contributed by atoms with Crippen LogP contribution < -0.4 is 10.6 Å². The highest BCUT2D eigenvalue weighted by Gasteiger charge is 2.06. The summed E-state index contributed by atoms with van der Waals surface area (Å²) in [5.41, 5.74) is 1.16. The second-order valence-electron chi connectivity index (χ2n) is 5.38. The molecule has 0 aliphatic rings. The van der Waals surface area contributed by atoms with Crippen molar-refractivity contribution < 1.29 is 0 Å². The van der Waals surface area contributed by atoms with Gasteiger partial charge in [-0.2, -0.15) is 0 Å². The second kappa shape index (κ2) is 8.29. The van der Waals surface area contributed by atoms with Crippen LogP contribution in [0.15, 0.2) is 22.5 Å². The van der Waals surface area contributed by atoms with Crippen molar-refractivity contribution in [3.63, 3.8) is 0 Å². The molecule has 120 valence electrons. The number of hydrogen-bond acceptors (Lipinski definition) is 4. The maximum absolute atomic E-state index is 4.64. The number of nitrogens with one attached hydrogen (secondary N) is 2. The number of guanidine groups is 1. The van der Waals surface area contributed by atoms with Crippen molar-refractivity contribution in [1.82, 2.24) is 15.6 Å². The quantitative estimate of drug-likeness (QED) is 0.621. The minimum absolute atomic E-state index is 0.481. The summed E-state index contributed by atoms with van der Waals surface area (Å²) in [6, 6.07) is 4.28. The van der Waals surface area contributed by atoms with Gasteiger partial charge in [-0.15, -0.1) is 22.7 Å². The number of rotatable bonds is 6. The molecule has 0 fully saturated rings. The fourth-order valence-corrected chi connectivity index (χ4v) is 3.61. The lowest BCUT2D eigenvalue weighted by molar-refractivity contribution is 0.788. The third kappa shape index (κ3) is 5.10. The number of thiophene rings is 1. The first-order valence-electron chi connectivity index (χ1n) is 7.60. The smallest absolute Gasteiger partial charge is 0.191 e. The highest BCUT2D eigenvalue weighted by molar-refractivity contribution is 7.11. The molecule has 0 atom stereocenters. The van der Waals surface area contributed by atoms with Gasteiger partial charge in [0.05, 0.1) is 18.8 Å². The van der Waals surface area contributed by atoms with Crippen LogP contribution in [0, 0.1) is 6.92 Å². The van der Waals surface area contributed by atoms with Crippen LogP contribution in [0.3, 0.4) is 0 Å². The summed E-state index contributed by atoms with van der Waals surface area (Å²) in [6.45, 7) is 10.8. The summed E-state index contributed by atoms with van der Waals surface area (Å²) < 4.78 is 0. The van der Waals surface area contributed by atoms with Gasteiger partial charge in [-0.3, -0.25) is 0 Å². The molecule has 2 N–H and O–H groups in total. The summed E-state index contributed by atoms with van der Waals surface area (Å²) in [5.74, 6) is 1.32. The lowest BCUT2D eigenvalue weighted by atomic mass is 10.2. The van der Waals surface area contributed by atoms with Gasteiger partial charge in [0.1, 0.15) is 5.01 Å². The van der Waals surface area contributed by atoms with E-state index in [0.29, 0.717) is 19.0 Å². The Kier molecular flexibility index (Phi) is 6.39. The van der Waals surface area contributed by atoms with Crippen LogP contribution in [0.25, 0.3) is 0 Å². The summed E-state index contributed by atoms with van der Waals surface area (Å²) in [7, 11) is 0. The second-order valence-corrected chi connectivity index (χ2v) is 7.70. The minimum atomic E-state index is 0.481. The Bertz CT molecular complexity index is 613. The van der Waals surface area contributed by atoms with Crippen LogP contribution in [0.4, 0.5) is 0 Å². The van der Waals surface area contributed by atoms with Crippen molar-refractivity contribution >= 4 is 28.6 Å². The van der Waals surface area contributed by atoms with E-state index in [1.165, 1.54) is 9.75 Å². The van der Waals surface area contributed by atoms with Crippen LogP contribution in [-0.4, -0.2) is 17.5 Å². The molecule has 2 heterocycles. The van der Waals surface area contributed by atoms with Crippen molar-refractivity contribution in [2.45, 2.75) is 46.7 Å². The molecule has 2 aromatic heterocycles. The predicted octanol–water partition coefficient (Wildman–Crippen LogP) is 3.89. The van der Waals surface area contributed by atoms with E-state index < -0.39 is 0 Å². The summed E-state index contributed by atoms with van der Waals surface area (Å²) in [4.78, 5) is 11.9. The Morgan fingerprint density at radius 1 is 1.32 bits per heavy atom. The lowest BCUT2D eigenvalue weighted by Crippen LogP contribution is -2.36. The van der Waals surface area contributed by atoms with E-state index in [9.17, 15) is 0 Å². The molecular weight excluding hydrogens is 312 g/mol. The third-order valence-corrected chi connectivity index (χ3v) is 4.95. The van der Waals surface area contributed by atoms with Crippen molar-refractivity contribution in [3.8, 4) is 0 Å². The van der Waals surface area contributed by atoms with E-state index in [4.69, 9.17) is 0 Å². The first-order valence-corrected chi connectivity index (χ1v) is 9.30. The van der Waals surface area contributed by atoms with Crippen molar-refractivity contribution in [2.24, 2.45) is 4.99 Å². The van der Waals surface area contributed by atoms with Crippen LogP contribution in [-0.2, 0) is 13.1 Å². The molecule has 4 nitrogen and oxygen atoms in total. The average molecular weight is 337 g/mol. The monoisotopic (exact) mass is 336 g/mol. The molecule has 0 aliphatic heterocycles. The Labute approximate surface area is 140 Å². The Hall–Kier alpha value is -1.40. The standard InChI is InChI=1S/C16H24N4S2/c1-5-17-16(18-8-13-7-6-12(4)22-13)19-9-15-20-14(10-21-15)11(2)3/h6-7,10-11H,5,8-9H2,1-4H3,(H2,17,18,19). The first-order chi connectivity index (χ1) is 10.6. The number of aliphatic imine (C=N–C) groups is 1. The fraction of sp³-hybridized carbons (Fsp3) is 0.500. The van der Waals surface area contributed by atoms with Gasteiger partial charge in [0, 0.05) is 21.7 Å². The van der Waals surface area contributed by atoms with Gasteiger partial charge in [-0.1, -0.05) is 13.8 Å². The molecule has 0 spiro atoms. The van der Waals surface area contributed by atoms with Gasteiger partial charge in [-0.05, 0) is 31.9 Å². The zero-order valence-electron chi connectivity index (χ0n) is 13.6. The topological polar surface area (TPSA) is 49.3 Å². The van der Waals surface area contributed by atoms with Crippen LogP contribution in [0.5, 0.6) is 0 Å². The molecule has 0 saturated heterocycles. The van der Waals surface area contributed by atoms with E-state index in [-0.39, 0.29) is 0 Å². The summed E-state index contributed by atoms with van der Waals surface area (Å²) in [6.07, 6.45) is 0. The molecule has 0 saturated carbocycles. The number of aromatic nitrogens is 1. The maximum Gasteiger partial charge on any atom is 0.191 e. The Morgan fingerprint density at radius 3 is 2.73 bits per heavy atom. The third-order valence-electron chi connectivity index (χ3n) is 3.10. The zero-order chi connectivity index (χ0) is 15.9. The maximum atomic E-state index is 4.64. The van der Waals surface area contributed by atoms with E-state index in [1.807, 2.05) is 0 Å². The number of nitrogens with zero attached hydrogens (tertiary/aromatic N) is 2. The molecular formula is C16H24N4S2. The van der Waals surface area contributed by atoms with E-state index in [2.05, 4.69) is 65.8 Å². The average Bonchev–Trinajstić information content (AvgIpc) is 3.11. The fourth-order valence-electron chi connectivity index (χ4n) is 1.90. The lowest BCUT2D eigenvalue weighted by Gasteiger charge is -2.09. The van der Waals surface area contributed by atoms with Gasteiger partial charge in [0.25, 0.3) is 0 Å². The highest BCUT2D eigenvalue weighted by Crippen LogP contribution is 2.18. The molecule has 0 radical (unpaired) electrons. The number of aryl methyl sites for hydroxylation is 1. The molecule has 2 aromatic rings. The van der Waals surface area contributed by atoms with Crippen molar-refractivity contribution in [1.29, 1.82) is 0 Å². The highest BCUT2D eigenvalue weighted by atomic mass is 32.1. The van der Waals surface area contributed by atoms with Gasteiger partial charge in [0.2, 0.25) is 0 Å². The largest absolute Gasteiger partial charge is 0.357 e. The first kappa shape index (κ1) is 17.0. The van der Waals surface area contributed by atoms with E-state index >= 15 is 0 Å². The molecule has 0 aromatic carbocycles. The minimum Gasteiger partial charge on any atom is -0.357 e. The molecule has 6 heteroatoms. The van der Waals surface area contributed by atoms with Gasteiger partial charge < -0.3 is 10.6 Å². The van der Waals surface area contributed by atoms with Crippen LogP contribution in [0.2, 0.25) is 0 Å². The normalized spacial score (nSPS) is 12.0. The summed E-state index contributed by atoms with van der Waals surface area (Å²) in [5, 5.41) is 9.88. The molecule has 0 amide bonds. The van der Waals surface area contributed by atoms with Crippen molar-refractivity contribution in [3.05, 3.63) is 38.0 Å². The van der Waals surface area contributed by atoms with E-state index in [1.54, 1.807) is 22.7 Å². The Balaban J connectivity index is 1.92. The van der Waals surface area contributed by atoms with Gasteiger partial charge in [-0.25, -0.2) is 9.98 Å². The van der Waals surface area contributed by atoms with E-state index in [0.717, 1.165) is 23.2 Å². The zero-order valence-corrected chi connectivity index (χ0v) is 15.3. The van der Waals surface area contributed by atoms with Crippen molar-refractivity contribution in [2.75, 3.05) is 6.54 Å². The molecule has 0 unspecified atom stereocenters. The molecule has 22 heavy (non-hydrogen) atoms.